The third kappa shape index (κ3) is 2.50. The van der Waals surface area contributed by atoms with Gasteiger partial charge in [0.05, 0.1) is 18.1 Å². The highest BCUT2D eigenvalue weighted by Gasteiger charge is 2.07. The molecule has 0 amide bonds. The van der Waals surface area contributed by atoms with Gasteiger partial charge in [-0.3, -0.25) is 0 Å². The summed E-state index contributed by atoms with van der Waals surface area (Å²) in [7, 11) is 0. The molecular weight excluding hydrogens is 248 g/mol. The van der Waals surface area contributed by atoms with Gasteiger partial charge >= 0.3 is 0 Å². The molecule has 0 aliphatic heterocycles. The van der Waals surface area contributed by atoms with Crippen LogP contribution in [0.25, 0.3) is 11.0 Å². The molecule has 2 aromatic heterocycles. The number of rotatable bonds is 4. The second-order valence-electron chi connectivity index (χ2n) is 5.16. The number of nitrogens with zero attached hydrogens (tertiary/aromatic N) is 3. The first-order valence-electron chi connectivity index (χ1n) is 6.85. The molecule has 3 rings (SSSR count). The topological polar surface area (TPSA) is 42.7 Å². The minimum absolute atomic E-state index is 0.322. The summed E-state index contributed by atoms with van der Waals surface area (Å²) in [5.74, 6) is 0. The number of hydrogen-bond donors (Lipinski definition) is 1. The van der Waals surface area contributed by atoms with Crippen molar-refractivity contribution >= 4 is 16.7 Å². The van der Waals surface area contributed by atoms with Crippen molar-refractivity contribution in [1.29, 1.82) is 0 Å². The van der Waals surface area contributed by atoms with E-state index < -0.39 is 0 Å². The van der Waals surface area contributed by atoms with E-state index in [1.807, 2.05) is 35.3 Å². The molecule has 4 heteroatoms. The zero-order chi connectivity index (χ0) is 13.9. The summed E-state index contributed by atoms with van der Waals surface area (Å²) in [5, 5.41) is 8.84. The molecule has 0 bridgehead atoms. The lowest BCUT2D eigenvalue weighted by molar-refractivity contribution is 0.546. The van der Waals surface area contributed by atoms with E-state index in [-0.39, 0.29) is 0 Å². The molecule has 0 saturated carbocycles. The Balaban J connectivity index is 1.80. The van der Waals surface area contributed by atoms with Gasteiger partial charge < -0.3 is 5.32 Å². The standard InChI is InChI=1S/C16H18N4/c1-12(2)20-16-14(10-19-20)8-15(11-18-16)17-9-13-6-4-3-5-7-13/h3-8,10-12,17H,9H2,1-2H3. The molecule has 0 aliphatic carbocycles. The van der Waals surface area contributed by atoms with Crippen LogP contribution in [0.2, 0.25) is 0 Å². The predicted molar refractivity (Wildman–Crippen MR) is 81.7 cm³/mol. The first-order chi connectivity index (χ1) is 9.74. The van der Waals surface area contributed by atoms with Crippen molar-refractivity contribution in [1.82, 2.24) is 14.8 Å². The second kappa shape index (κ2) is 5.33. The maximum Gasteiger partial charge on any atom is 0.158 e. The number of pyridine rings is 1. The molecule has 0 fully saturated rings. The van der Waals surface area contributed by atoms with Crippen LogP contribution in [0, 0.1) is 0 Å². The van der Waals surface area contributed by atoms with Gasteiger partial charge in [-0.1, -0.05) is 30.3 Å². The van der Waals surface area contributed by atoms with Crippen LogP contribution in [-0.2, 0) is 6.54 Å². The Morgan fingerprint density at radius 3 is 2.70 bits per heavy atom. The van der Waals surface area contributed by atoms with Gasteiger partial charge in [0.2, 0.25) is 0 Å². The van der Waals surface area contributed by atoms with Crippen LogP contribution in [0.5, 0.6) is 0 Å². The molecule has 0 unspecified atom stereocenters. The van der Waals surface area contributed by atoms with E-state index in [0.29, 0.717) is 6.04 Å². The number of hydrogen-bond acceptors (Lipinski definition) is 3. The van der Waals surface area contributed by atoms with Crippen LogP contribution in [0.1, 0.15) is 25.5 Å². The summed E-state index contributed by atoms with van der Waals surface area (Å²) in [4.78, 5) is 4.51. The first kappa shape index (κ1) is 12.7. The zero-order valence-corrected chi connectivity index (χ0v) is 11.7. The fourth-order valence-electron chi connectivity index (χ4n) is 2.21. The Bertz CT molecular complexity index is 701. The largest absolute Gasteiger partial charge is 0.380 e. The van der Waals surface area contributed by atoms with Gasteiger partial charge in [-0.25, -0.2) is 9.67 Å². The van der Waals surface area contributed by atoms with Crippen LogP contribution in [0.15, 0.2) is 48.8 Å². The Hall–Kier alpha value is -2.36. The van der Waals surface area contributed by atoms with Gasteiger partial charge in [0.15, 0.2) is 5.65 Å². The van der Waals surface area contributed by atoms with Crippen molar-refractivity contribution in [2.24, 2.45) is 0 Å². The molecule has 1 aromatic carbocycles. The fraction of sp³-hybridized carbons (Fsp3) is 0.250. The normalized spacial score (nSPS) is 11.2. The monoisotopic (exact) mass is 266 g/mol. The van der Waals surface area contributed by atoms with E-state index in [0.717, 1.165) is 23.3 Å². The summed E-state index contributed by atoms with van der Waals surface area (Å²) >= 11 is 0. The van der Waals surface area contributed by atoms with Crippen molar-refractivity contribution in [2.75, 3.05) is 5.32 Å². The molecule has 102 valence electrons. The lowest BCUT2D eigenvalue weighted by Gasteiger charge is -2.08. The van der Waals surface area contributed by atoms with Crippen LogP contribution >= 0.6 is 0 Å². The van der Waals surface area contributed by atoms with Crippen molar-refractivity contribution < 1.29 is 0 Å². The molecule has 3 aromatic rings. The third-order valence-corrected chi connectivity index (χ3v) is 3.26. The van der Waals surface area contributed by atoms with Gasteiger partial charge in [-0.05, 0) is 25.5 Å². The Kier molecular flexibility index (Phi) is 3.37. The molecule has 0 spiro atoms. The summed E-state index contributed by atoms with van der Waals surface area (Å²) < 4.78 is 1.94. The molecule has 20 heavy (non-hydrogen) atoms. The Labute approximate surface area is 118 Å². The number of benzene rings is 1. The molecule has 0 atom stereocenters. The molecule has 2 heterocycles. The van der Waals surface area contributed by atoms with E-state index in [9.17, 15) is 0 Å². The average molecular weight is 266 g/mol. The molecule has 0 saturated heterocycles. The van der Waals surface area contributed by atoms with Crippen molar-refractivity contribution in [3.8, 4) is 0 Å². The third-order valence-electron chi connectivity index (χ3n) is 3.26. The lowest BCUT2D eigenvalue weighted by atomic mass is 10.2. The van der Waals surface area contributed by atoms with Crippen molar-refractivity contribution in [2.45, 2.75) is 26.4 Å². The predicted octanol–water partition coefficient (Wildman–Crippen LogP) is 3.62. The zero-order valence-electron chi connectivity index (χ0n) is 11.7. The molecule has 4 nitrogen and oxygen atoms in total. The fourth-order valence-corrected chi connectivity index (χ4v) is 2.21. The molecular formula is C16H18N4. The minimum atomic E-state index is 0.322. The summed E-state index contributed by atoms with van der Waals surface area (Å²) in [6.07, 6.45) is 3.74. The van der Waals surface area contributed by atoms with Crippen LogP contribution in [-0.4, -0.2) is 14.8 Å². The highest BCUT2D eigenvalue weighted by Crippen LogP contribution is 2.19. The van der Waals surface area contributed by atoms with Crippen LogP contribution in [0.4, 0.5) is 5.69 Å². The number of aromatic nitrogens is 3. The van der Waals surface area contributed by atoms with E-state index in [1.54, 1.807) is 0 Å². The average Bonchev–Trinajstić information content (AvgIpc) is 2.89. The number of nitrogens with one attached hydrogen (secondary N) is 1. The first-order valence-corrected chi connectivity index (χ1v) is 6.85. The smallest absolute Gasteiger partial charge is 0.158 e. The van der Waals surface area contributed by atoms with E-state index in [2.05, 4.69) is 47.4 Å². The van der Waals surface area contributed by atoms with E-state index in [1.165, 1.54) is 5.56 Å². The number of fused-ring (bicyclic) bond motifs is 1. The van der Waals surface area contributed by atoms with E-state index >= 15 is 0 Å². The van der Waals surface area contributed by atoms with Gasteiger partial charge in [-0.15, -0.1) is 0 Å². The molecule has 1 N–H and O–H groups in total. The van der Waals surface area contributed by atoms with Gasteiger partial charge in [0, 0.05) is 18.0 Å². The Morgan fingerprint density at radius 2 is 1.95 bits per heavy atom. The van der Waals surface area contributed by atoms with Crippen LogP contribution in [0.3, 0.4) is 0 Å². The molecule has 0 radical (unpaired) electrons. The quantitative estimate of drug-likeness (QED) is 0.784. The second-order valence-corrected chi connectivity index (χ2v) is 5.16. The summed E-state index contributed by atoms with van der Waals surface area (Å²) in [6, 6.07) is 12.7. The Morgan fingerprint density at radius 1 is 1.15 bits per heavy atom. The van der Waals surface area contributed by atoms with Gasteiger partial charge in [0.25, 0.3) is 0 Å². The van der Waals surface area contributed by atoms with Gasteiger partial charge in [-0.2, -0.15) is 5.10 Å². The maximum absolute atomic E-state index is 4.51. The van der Waals surface area contributed by atoms with Crippen molar-refractivity contribution in [3.05, 3.63) is 54.4 Å². The number of anilines is 1. The highest BCUT2D eigenvalue weighted by atomic mass is 15.3. The highest BCUT2D eigenvalue weighted by molar-refractivity contribution is 5.78. The lowest BCUT2D eigenvalue weighted by Crippen LogP contribution is -2.04. The molecule has 0 aliphatic rings. The van der Waals surface area contributed by atoms with Crippen molar-refractivity contribution in [3.63, 3.8) is 0 Å². The minimum Gasteiger partial charge on any atom is -0.380 e. The van der Waals surface area contributed by atoms with Crippen LogP contribution < -0.4 is 5.32 Å². The maximum atomic E-state index is 4.51. The van der Waals surface area contributed by atoms with E-state index in [4.69, 9.17) is 0 Å². The summed E-state index contributed by atoms with van der Waals surface area (Å²) in [5.41, 5.74) is 3.21. The SMILES string of the molecule is CC(C)n1ncc2cc(NCc3ccccc3)cnc21. The summed E-state index contributed by atoms with van der Waals surface area (Å²) in [6.45, 7) is 5.01. The van der Waals surface area contributed by atoms with Gasteiger partial charge in [0.1, 0.15) is 0 Å².